The summed E-state index contributed by atoms with van der Waals surface area (Å²) in [5.41, 5.74) is -0.219. The van der Waals surface area contributed by atoms with E-state index in [1.54, 1.807) is 12.1 Å². The Bertz CT molecular complexity index is 999. The number of benzene rings is 2. The number of hydrogen-bond donors (Lipinski definition) is 0. The van der Waals surface area contributed by atoms with Crippen molar-refractivity contribution in [3.05, 3.63) is 47.5 Å². The topological polar surface area (TPSA) is 179 Å². The maximum atomic E-state index is 12.1. The first kappa shape index (κ1) is 30.3. The molecule has 0 saturated carbocycles. The molecule has 0 aromatic heterocycles. The highest BCUT2D eigenvalue weighted by molar-refractivity contribution is 5.95. The Hall–Kier alpha value is -4.96. The van der Waals surface area contributed by atoms with Gasteiger partial charge in [0, 0.05) is 6.42 Å². The van der Waals surface area contributed by atoms with Gasteiger partial charge in [0.25, 0.3) is 0 Å². The lowest BCUT2D eigenvalue weighted by Gasteiger charge is -2.10. The Morgan fingerprint density at radius 3 is 1.18 bits per heavy atom. The highest BCUT2D eigenvalue weighted by Crippen LogP contribution is 2.30. The molecule has 16 heteroatoms. The van der Waals surface area contributed by atoms with Crippen molar-refractivity contribution < 1.29 is 77.2 Å². The molecule has 0 heterocycles. The molecule has 0 spiro atoms. The van der Waals surface area contributed by atoms with Crippen molar-refractivity contribution in [2.75, 3.05) is 41.7 Å². The Morgan fingerprint density at radius 1 is 0.538 bits per heavy atom. The van der Waals surface area contributed by atoms with Gasteiger partial charge in [-0.15, -0.1) is 0 Å². The van der Waals surface area contributed by atoms with Gasteiger partial charge >= 0.3 is 24.2 Å². The smallest absolute Gasteiger partial charge is 0.496 e. The first-order chi connectivity index (χ1) is 18.9. The molecule has 2 aromatic rings. The minimum Gasteiger partial charge on any atom is -0.496 e. The molecule has 0 aliphatic carbocycles. The van der Waals surface area contributed by atoms with Gasteiger partial charge < -0.3 is 28.4 Å². The predicted molar refractivity (Wildman–Crippen MR) is 122 cm³/mol. The van der Waals surface area contributed by atoms with E-state index in [-0.39, 0.29) is 53.8 Å². The van der Waals surface area contributed by atoms with Gasteiger partial charge in [-0.05, 0) is 24.3 Å². The molecule has 0 atom stereocenters. The molecular formula is C23H24O16. The van der Waals surface area contributed by atoms with Crippen LogP contribution in [0.3, 0.4) is 0 Å². The molecule has 39 heavy (non-hydrogen) atoms. The van der Waals surface area contributed by atoms with Gasteiger partial charge in [-0.1, -0.05) is 12.1 Å². The van der Waals surface area contributed by atoms with E-state index < -0.39 is 24.2 Å². The summed E-state index contributed by atoms with van der Waals surface area (Å²) in [5.74, 6) is -1.63. The second kappa shape index (κ2) is 16.0. The second-order valence-corrected chi connectivity index (χ2v) is 6.67. The van der Waals surface area contributed by atoms with E-state index in [0.717, 1.165) is 0 Å². The fraction of sp³-hybridized carbons (Fsp3) is 0.304. The first-order valence-corrected chi connectivity index (χ1v) is 10.7. The maximum Gasteiger partial charge on any atom is 0.543 e. The molecule has 0 N–H and O–H groups in total. The van der Waals surface area contributed by atoms with Crippen molar-refractivity contribution in [1.82, 2.24) is 0 Å². The molecule has 2 aromatic carbocycles. The van der Waals surface area contributed by atoms with E-state index in [9.17, 15) is 19.2 Å². The summed E-state index contributed by atoms with van der Waals surface area (Å²) in [6.45, 7) is -0.597. The van der Waals surface area contributed by atoms with Crippen molar-refractivity contribution in [1.29, 1.82) is 0 Å². The lowest BCUT2D eigenvalue weighted by molar-refractivity contribution is -0.452. The van der Waals surface area contributed by atoms with Crippen molar-refractivity contribution in [2.24, 2.45) is 0 Å². The monoisotopic (exact) mass is 556 g/mol. The van der Waals surface area contributed by atoms with E-state index in [1.807, 2.05) is 0 Å². The number of carbonyl (C=O) groups is 4. The van der Waals surface area contributed by atoms with Crippen LogP contribution in [0.25, 0.3) is 0 Å². The van der Waals surface area contributed by atoms with Crippen molar-refractivity contribution in [2.45, 2.75) is 6.42 Å². The predicted octanol–water partition coefficient (Wildman–Crippen LogP) is 3.12. The molecule has 0 bridgehead atoms. The van der Waals surface area contributed by atoms with Gasteiger partial charge in [0.1, 0.15) is 34.1 Å². The van der Waals surface area contributed by atoms with E-state index in [4.69, 9.17) is 18.9 Å². The van der Waals surface area contributed by atoms with Crippen LogP contribution in [0.5, 0.6) is 23.0 Å². The van der Waals surface area contributed by atoms with Crippen LogP contribution >= 0.6 is 0 Å². The molecule has 0 radical (unpaired) electrons. The lowest BCUT2D eigenvalue weighted by Crippen LogP contribution is -2.16. The molecule has 0 amide bonds. The van der Waals surface area contributed by atoms with Gasteiger partial charge in [0.15, 0.2) is 0 Å². The third-order valence-electron chi connectivity index (χ3n) is 4.42. The number of carbonyl (C=O) groups excluding carboxylic acids is 4. The lowest BCUT2D eigenvalue weighted by atomic mass is 10.2. The number of ether oxygens (including phenoxy) is 6. The van der Waals surface area contributed by atoms with Crippen LogP contribution in [0.15, 0.2) is 36.4 Å². The highest BCUT2D eigenvalue weighted by Gasteiger charge is 2.23. The summed E-state index contributed by atoms with van der Waals surface area (Å²) in [5, 5.41) is 8.23. The quantitative estimate of drug-likeness (QED) is 0.143. The average Bonchev–Trinajstić information content (AvgIpc) is 2.95. The molecule has 0 fully saturated rings. The Balaban J connectivity index is 1.61. The summed E-state index contributed by atoms with van der Waals surface area (Å²) in [6.07, 6.45) is -2.74. The second-order valence-electron chi connectivity index (χ2n) is 6.67. The van der Waals surface area contributed by atoms with Crippen LogP contribution in [0.2, 0.25) is 0 Å². The molecule has 0 aliphatic rings. The minimum atomic E-state index is -1.36. The molecule has 2 rings (SSSR count). The van der Waals surface area contributed by atoms with Crippen LogP contribution < -0.4 is 18.9 Å². The number of methoxy groups -OCH3 is 4. The third kappa shape index (κ3) is 9.13. The van der Waals surface area contributed by atoms with Crippen LogP contribution in [0.4, 0.5) is 9.59 Å². The zero-order valence-electron chi connectivity index (χ0n) is 21.1. The zero-order valence-corrected chi connectivity index (χ0v) is 21.1. The summed E-state index contributed by atoms with van der Waals surface area (Å²) >= 11 is 0. The average molecular weight is 556 g/mol. The van der Waals surface area contributed by atoms with Crippen molar-refractivity contribution in [3.63, 3.8) is 0 Å². The molecule has 16 nitrogen and oxygen atoms in total. The normalized spacial score (nSPS) is 9.95. The first-order valence-electron chi connectivity index (χ1n) is 10.7. The summed E-state index contributed by atoms with van der Waals surface area (Å²) in [7, 11) is 5.30. The molecule has 0 saturated heterocycles. The molecule has 0 aliphatic heterocycles. The zero-order chi connectivity index (χ0) is 28.6. The van der Waals surface area contributed by atoms with Gasteiger partial charge in [0.2, 0.25) is 0 Å². The van der Waals surface area contributed by atoms with Gasteiger partial charge in [0.05, 0.1) is 51.7 Å². The largest absolute Gasteiger partial charge is 0.543 e. The van der Waals surface area contributed by atoms with Gasteiger partial charge in [-0.2, -0.15) is 0 Å². The van der Waals surface area contributed by atoms with Crippen LogP contribution in [-0.2, 0) is 39.1 Å². The van der Waals surface area contributed by atoms with E-state index in [0.29, 0.717) is 0 Å². The molecule has 212 valence electrons. The highest BCUT2D eigenvalue weighted by atomic mass is 17.5. The van der Waals surface area contributed by atoms with Crippen molar-refractivity contribution >= 4 is 24.2 Å². The molecule has 0 unspecified atom stereocenters. The summed E-state index contributed by atoms with van der Waals surface area (Å²) in [4.78, 5) is 64.3. The minimum absolute atomic E-state index is 0.0133. The standard InChI is InChI=1S/C23H24O16/c1-28-14-8-5-9-15(29-2)18(14)20(24)34-38-36-22(26)32-12-7-13-33-23(27)37-39-35-21(25)19-16(30-3)10-6-11-17(19)31-4/h5-6,8-11H,7,12-13H2,1-4H3. The fourth-order valence-electron chi connectivity index (χ4n) is 2.76. The summed E-state index contributed by atoms with van der Waals surface area (Å²) in [6, 6.07) is 9.06. The maximum absolute atomic E-state index is 12.1. The van der Waals surface area contributed by atoms with Crippen LogP contribution in [0, 0.1) is 0 Å². The van der Waals surface area contributed by atoms with Crippen LogP contribution in [-0.4, -0.2) is 65.9 Å². The van der Waals surface area contributed by atoms with Gasteiger partial charge in [-0.25, -0.2) is 29.0 Å². The van der Waals surface area contributed by atoms with E-state index in [2.05, 4.69) is 39.1 Å². The SMILES string of the molecule is COc1cccc(OC)c1C(=O)OOOC(=O)OCCCOC(=O)OOOC(=O)c1c(OC)cccc1OC. The van der Waals surface area contributed by atoms with Crippen molar-refractivity contribution in [3.8, 4) is 23.0 Å². The summed E-state index contributed by atoms with van der Waals surface area (Å²) < 4.78 is 29.4. The third-order valence-corrected chi connectivity index (χ3v) is 4.42. The van der Waals surface area contributed by atoms with Gasteiger partial charge in [-0.3, -0.25) is 9.78 Å². The number of rotatable bonds is 14. The molecular weight excluding hydrogens is 532 g/mol. The van der Waals surface area contributed by atoms with Crippen LogP contribution in [0.1, 0.15) is 27.1 Å². The number of hydrogen-bond acceptors (Lipinski definition) is 16. The van der Waals surface area contributed by atoms with E-state index >= 15 is 0 Å². The van der Waals surface area contributed by atoms with E-state index in [1.165, 1.54) is 52.7 Å². The Kier molecular flexibility index (Phi) is 12.4. The fourth-order valence-corrected chi connectivity index (χ4v) is 2.76. The Morgan fingerprint density at radius 2 is 0.872 bits per heavy atom. The Labute approximate surface area is 220 Å².